The molecule has 0 radical (unpaired) electrons. The Labute approximate surface area is 90.7 Å². The van der Waals surface area contributed by atoms with Crippen LogP contribution in [0.1, 0.15) is 32.6 Å². The molecule has 15 heavy (non-hydrogen) atoms. The Hall–Kier alpha value is -1.05. The number of rotatable bonds is 3. The third-order valence-corrected chi connectivity index (χ3v) is 4.36. The smallest absolute Gasteiger partial charge is 0.327 e. The van der Waals surface area contributed by atoms with E-state index in [1.54, 1.807) is 6.08 Å². The van der Waals surface area contributed by atoms with E-state index >= 15 is 0 Å². The van der Waals surface area contributed by atoms with Crippen LogP contribution < -0.4 is 0 Å². The lowest BCUT2D eigenvalue weighted by molar-refractivity contribution is -0.131. The second-order valence-electron chi connectivity index (χ2n) is 5.09. The second kappa shape index (κ2) is 3.51. The Kier molecular flexibility index (Phi) is 2.45. The summed E-state index contributed by atoms with van der Waals surface area (Å²) in [6.07, 6.45) is 7.73. The van der Waals surface area contributed by atoms with Crippen molar-refractivity contribution in [1.82, 2.24) is 0 Å². The number of allylic oxidation sites excluding steroid dienone is 2. The van der Waals surface area contributed by atoms with Crippen molar-refractivity contribution in [2.24, 2.45) is 17.3 Å². The van der Waals surface area contributed by atoms with E-state index in [0.717, 1.165) is 12.3 Å². The molecule has 2 nitrogen and oxygen atoms in total. The Bertz CT molecular complexity index is 329. The minimum Gasteiger partial charge on any atom is -0.478 e. The van der Waals surface area contributed by atoms with Crippen LogP contribution in [-0.4, -0.2) is 11.1 Å². The molecule has 3 atom stereocenters. The predicted molar refractivity (Wildman–Crippen MR) is 59.5 cm³/mol. The fourth-order valence-corrected chi connectivity index (χ4v) is 3.31. The van der Waals surface area contributed by atoms with Crippen LogP contribution in [0.3, 0.4) is 0 Å². The van der Waals surface area contributed by atoms with Crippen molar-refractivity contribution >= 4 is 5.97 Å². The van der Waals surface area contributed by atoms with Crippen LogP contribution in [0.2, 0.25) is 0 Å². The van der Waals surface area contributed by atoms with Gasteiger partial charge in [-0.05, 0) is 42.9 Å². The molecule has 1 N–H and O–H groups in total. The highest BCUT2D eigenvalue weighted by Gasteiger charge is 2.49. The monoisotopic (exact) mass is 206 g/mol. The highest BCUT2D eigenvalue weighted by molar-refractivity contribution is 5.79. The summed E-state index contributed by atoms with van der Waals surface area (Å²) in [6.45, 7) is 6.45. The van der Waals surface area contributed by atoms with E-state index in [2.05, 4.69) is 13.5 Å². The zero-order chi connectivity index (χ0) is 11.1. The van der Waals surface area contributed by atoms with E-state index in [1.807, 2.05) is 0 Å². The summed E-state index contributed by atoms with van der Waals surface area (Å²) in [5, 5.41) is 8.56. The molecule has 82 valence electrons. The molecular weight excluding hydrogens is 188 g/mol. The van der Waals surface area contributed by atoms with Crippen LogP contribution >= 0.6 is 0 Å². The normalized spacial score (nSPS) is 39.1. The van der Waals surface area contributed by atoms with Gasteiger partial charge >= 0.3 is 5.97 Å². The van der Waals surface area contributed by atoms with Crippen molar-refractivity contribution in [3.63, 3.8) is 0 Å². The molecule has 3 unspecified atom stereocenters. The highest BCUT2D eigenvalue weighted by atomic mass is 16.4. The fourth-order valence-electron chi connectivity index (χ4n) is 3.31. The number of carbonyl (C=O) groups is 1. The molecule has 2 rings (SSSR count). The number of carboxylic acid groups (broad SMARTS) is 1. The molecule has 0 amide bonds. The van der Waals surface area contributed by atoms with Crippen LogP contribution in [0.25, 0.3) is 0 Å². The van der Waals surface area contributed by atoms with Gasteiger partial charge in [0, 0.05) is 6.08 Å². The largest absolute Gasteiger partial charge is 0.478 e. The number of aliphatic carboxylic acids is 1. The van der Waals surface area contributed by atoms with E-state index in [4.69, 9.17) is 5.11 Å². The Balaban J connectivity index is 2.07. The number of fused-ring (bicyclic) bond motifs is 2. The van der Waals surface area contributed by atoms with Gasteiger partial charge in [-0.15, -0.1) is 0 Å². The van der Waals surface area contributed by atoms with Crippen molar-refractivity contribution in [2.75, 3.05) is 0 Å². The van der Waals surface area contributed by atoms with Gasteiger partial charge in [-0.2, -0.15) is 0 Å². The summed E-state index contributed by atoms with van der Waals surface area (Å²) in [5.74, 6) is 0.582. The molecule has 2 saturated carbocycles. The van der Waals surface area contributed by atoms with E-state index in [-0.39, 0.29) is 5.41 Å². The second-order valence-corrected chi connectivity index (χ2v) is 5.09. The van der Waals surface area contributed by atoms with E-state index in [0.29, 0.717) is 5.92 Å². The van der Waals surface area contributed by atoms with Crippen LogP contribution in [0.15, 0.2) is 24.3 Å². The van der Waals surface area contributed by atoms with Gasteiger partial charge in [-0.1, -0.05) is 25.2 Å². The summed E-state index contributed by atoms with van der Waals surface area (Å²) < 4.78 is 0. The maximum absolute atomic E-state index is 10.4. The van der Waals surface area contributed by atoms with Crippen LogP contribution in [0.5, 0.6) is 0 Å². The van der Waals surface area contributed by atoms with Crippen LogP contribution in [0, 0.1) is 17.3 Å². The van der Waals surface area contributed by atoms with Gasteiger partial charge in [-0.25, -0.2) is 4.79 Å². The first-order valence-corrected chi connectivity index (χ1v) is 5.63. The van der Waals surface area contributed by atoms with Crippen molar-refractivity contribution in [1.29, 1.82) is 0 Å². The SMILES string of the molecule is C=C1C2CCC(C2)C1(C)C/C=C/C(=O)O. The van der Waals surface area contributed by atoms with Gasteiger partial charge in [0.2, 0.25) is 0 Å². The van der Waals surface area contributed by atoms with Gasteiger partial charge in [0.25, 0.3) is 0 Å². The minimum atomic E-state index is -0.854. The van der Waals surface area contributed by atoms with Crippen LogP contribution in [-0.2, 0) is 4.79 Å². The molecule has 0 heterocycles. The third kappa shape index (κ3) is 1.62. The van der Waals surface area contributed by atoms with Gasteiger partial charge < -0.3 is 5.11 Å². The first-order valence-electron chi connectivity index (χ1n) is 5.63. The van der Waals surface area contributed by atoms with Gasteiger partial charge in [0.15, 0.2) is 0 Å². The standard InChI is InChI=1S/C13H18O2/c1-9-10-5-6-11(8-10)13(9,2)7-3-4-12(14)15/h3-4,10-11H,1,5-8H2,2H3,(H,14,15)/b4-3+. The van der Waals surface area contributed by atoms with E-state index in [9.17, 15) is 4.79 Å². The zero-order valence-electron chi connectivity index (χ0n) is 9.20. The van der Waals surface area contributed by atoms with Crippen molar-refractivity contribution in [2.45, 2.75) is 32.6 Å². The summed E-state index contributed by atoms with van der Waals surface area (Å²) in [6, 6.07) is 0. The quantitative estimate of drug-likeness (QED) is 0.569. The maximum atomic E-state index is 10.4. The zero-order valence-corrected chi connectivity index (χ0v) is 9.20. The molecule has 0 aromatic carbocycles. The highest BCUT2D eigenvalue weighted by Crippen LogP contribution is 2.60. The first kappa shape index (κ1) is 10.5. The lowest BCUT2D eigenvalue weighted by Gasteiger charge is -2.35. The van der Waals surface area contributed by atoms with Crippen molar-refractivity contribution in [3.8, 4) is 0 Å². The fraction of sp³-hybridized carbons (Fsp3) is 0.615. The molecule has 0 spiro atoms. The molecule has 2 aliphatic rings. The molecular formula is C13H18O2. The molecule has 0 aromatic heterocycles. The molecule has 0 aliphatic heterocycles. The summed E-state index contributed by atoms with van der Waals surface area (Å²) in [7, 11) is 0. The van der Waals surface area contributed by atoms with Gasteiger partial charge in [-0.3, -0.25) is 0 Å². The molecule has 2 fully saturated rings. The molecule has 2 bridgehead atoms. The average Bonchev–Trinajstić information content (AvgIpc) is 2.70. The maximum Gasteiger partial charge on any atom is 0.327 e. The number of hydrogen-bond acceptors (Lipinski definition) is 1. The summed E-state index contributed by atoms with van der Waals surface area (Å²) >= 11 is 0. The van der Waals surface area contributed by atoms with Crippen molar-refractivity contribution in [3.05, 3.63) is 24.3 Å². The third-order valence-electron chi connectivity index (χ3n) is 4.36. The lowest BCUT2D eigenvalue weighted by Crippen LogP contribution is -2.25. The topological polar surface area (TPSA) is 37.3 Å². The molecule has 2 aliphatic carbocycles. The summed E-state index contributed by atoms with van der Waals surface area (Å²) in [5.41, 5.74) is 1.52. The molecule has 2 heteroatoms. The lowest BCUT2D eigenvalue weighted by atomic mass is 9.70. The Morgan fingerprint density at radius 1 is 1.67 bits per heavy atom. The van der Waals surface area contributed by atoms with Gasteiger partial charge in [0.1, 0.15) is 0 Å². The minimum absolute atomic E-state index is 0.162. The van der Waals surface area contributed by atoms with Crippen molar-refractivity contribution < 1.29 is 9.90 Å². The molecule has 0 saturated heterocycles. The van der Waals surface area contributed by atoms with E-state index in [1.165, 1.54) is 30.9 Å². The van der Waals surface area contributed by atoms with Gasteiger partial charge in [0.05, 0.1) is 0 Å². The summed E-state index contributed by atoms with van der Waals surface area (Å²) in [4.78, 5) is 10.4. The number of carboxylic acids is 1. The number of hydrogen-bond donors (Lipinski definition) is 1. The Morgan fingerprint density at radius 3 is 2.93 bits per heavy atom. The first-order chi connectivity index (χ1) is 7.04. The van der Waals surface area contributed by atoms with Crippen LogP contribution in [0.4, 0.5) is 0 Å². The van der Waals surface area contributed by atoms with E-state index < -0.39 is 5.97 Å². The average molecular weight is 206 g/mol. The Morgan fingerprint density at radius 2 is 2.40 bits per heavy atom. The predicted octanol–water partition coefficient (Wildman–Crippen LogP) is 3.01. The molecule has 0 aromatic rings.